The van der Waals surface area contributed by atoms with Gasteiger partial charge in [0.2, 0.25) is 0 Å². The SMILES string of the molecule is CC1C=Cc2ccccc2C1C#CC1C=CC2=C(C1)C(=O)N(C)C2=O. The second-order valence-corrected chi connectivity index (χ2v) is 6.84. The summed E-state index contributed by atoms with van der Waals surface area (Å²) in [6.45, 7) is 2.18. The minimum atomic E-state index is -0.206. The maximum Gasteiger partial charge on any atom is 0.260 e. The van der Waals surface area contributed by atoms with Crippen LogP contribution < -0.4 is 0 Å². The predicted octanol–water partition coefficient (Wildman–Crippen LogP) is 3.31. The van der Waals surface area contributed by atoms with E-state index < -0.39 is 0 Å². The number of carbonyl (C=O) groups is 2. The molecule has 1 aliphatic heterocycles. The van der Waals surface area contributed by atoms with Gasteiger partial charge in [0, 0.05) is 24.1 Å². The lowest BCUT2D eigenvalue weighted by atomic mass is 9.80. The van der Waals surface area contributed by atoms with Gasteiger partial charge in [0.1, 0.15) is 0 Å². The highest BCUT2D eigenvalue weighted by Crippen LogP contribution is 2.34. The van der Waals surface area contributed by atoms with E-state index in [0.29, 0.717) is 23.5 Å². The van der Waals surface area contributed by atoms with Crippen molar-refractivity contribution >= 4 is 17.9 Å². The molecule has 0 aromatic heterocycles. The van der Waals surface area contributed by atoms with Gasteiger partial charge in [0.25, 0.3) is 11.8 Å². The van der Waals surface area contributed by atoms with Gasteiger partial charge in [-0.1, -0.05) is 67.3 Å². The summed E-state index contributed by atoms with van der Waals surface area (Å²) in [4.78, 5) is 25.4. The van der Waals surface area contributed by atoms with E-state index >= 15 is 0 Å². The van der Waals surface area contributed by atoms with Crippen LogP contribution in [0.4, 0.5) is 0 Å². The summed E-state index contributed by atoms with van der Waals surface area (Å²) >= 11 is 0. The number of carbonyl (C=O) groups excluding carboxylic acids is 2. The average molecular weight is 329 g/mol. The van der Waals surface area contributed by atoms with Crippen LogP contribution in [-0.4, -0.2) is 23.8 Å². The molecule has 0 spiro atoms. The van der Waals surface area contributed by atoms with E-state index in [9.17, 15) is 9.59 Å². The van der Waals surface area contributed by atoms with Crippen molar-refractivity contribution in [1.29, 1.82) is 0 Å². The maximum absolute atomic E-state index is 12.2. The van der Waals surface area contributed by atoms with Crippen molar-refractivity contribution in [2.45, 2.75) is 19.3 Å². The molecule has 124 valence electrons. The van der Waals surface area contributed by atoms with Crippen LogP contribution in [-0.2, 0) is 9.59 Å². The van der Waals surface area contributed by atoms with Gasteiger partial charge >= 0.3 is 0 Å². The van der Waals surface area contributed by atoms with Crippen molar-refractivity contribution in [3.8, 4) is 11.8 Å². The van der Waals surface area contributed by atoms with Gasteiger partial charge in [-0.25, -0.2) is 0 Å². The molecule has 0 radical (unpaired) electrons. The molecule has 2 aliphatic carbocycles. The summed E-state index contributed by atoms with van der Waals surface area (Å²) < 4.78 is 0. The number of imide groups is 1. The number of hydrogen-bond donors (Lipinski definition) is 0. The molecular weight excluding hydrogens is 310 g/mol. The van der Waals surface area contributed by atoms with E-state index in [1.807, 2.05) is 12.1 Å². The van der Waals surface area contributed by atoms with E-state index in [1.54, 1.807) is 6.08 Å². The maximum atomic E-state index is 12.2. The molecule has 0 saturated heterocycles. The van der Waals surface area contributed by atoms with Crippen molar-refractivity contribution in [3.63, 3.8) is 0 Å². The number of amides is 2. The molecule has 0 fully saturated rings. The van der Waals surface area contributed by atoms with Gasteiger partial charge < -0.3 is 0 Å². The molecule has 25 heavy (non-hydrogen) atoms. The number of fused-ring (bicyclic) bond motifs is 1. The van der Waals surface area contributed by atoms with Crippen LogP contribution in [0.3, 0.4) is 0 Å². The zero-order valence-corrected chi connectivity index (χ0v) is 14.3. The molecule has 0 N–H and O–H groups in total. The molecule has 3 heteroatoms. The van der Waals surface area contributed by atoms with Gasteiger partial charge in [-0.2, -0.15) is 0 Å². The minimum absolute atomic E-state index is 0.0210. The van der Waals surface area contributed by atoms with E-state index in [-0.39, 0.29) is 23.7 Å². The third-order valence-corrected chi connectivity index (χ3v) is 5.20. The Balaban J connectivity index is 1.59. The molecule has 3 aliphatic rings. The molecular formula is C22H19NO2. The molecule has 1 aromatic rings. The Morgan fingerprint density at radius 3 is 2.68 bits per heavy atom. The fourth-order valence-corrected chi connectivity index (χ4v) is 3.69. The average Bonchev–Trinajstić information content (AvgIpc) is 2.85. The second-order valence-electron chi connectivity index (χ2n) is 6.84. The van der Waals surface area contributed by atoms with E-state index in [1.165, 1.54) is 23.1 Å². The Labute approximate surface area is 147 Å². The Kier molecular flexibility index (Phi) is 3.69. The van der Waals surface area contributed by atoms with E-state index in [0.717, 1.165) is 0 Å². The van der Waals surface area contributed by atoms with Crippen molar-refractivity contribution in [1.82, 2.24) is 4.90 Å². The van der Waals surface area contributed by atoms with Crippen molar-refractivity contribution in [2.24, 2.45) is 11.8 Å². The summed E-state index contributed by atoms with van der Waals surface area (Å²) in [5.41, 5.74) is 3.62. The van der Waals surface area contributed by atoms with Gasteiger partial charge in [0.15, 0.2) is 0 Å². The van der Waals surface area contributed by atoms with Crippen LogP contribution in [0.2, 0.25) is 0 Å². The van der Waals surface area contributed by atoms with Crippen LogP contribution in [0.15, 0.2) is 53.6 Å². The Hall–Kier alpha value is -2.86. The first-order valence-electron chi connectivity index (χ1n) is 8.58. The number of benzene rings is 1. The van der Waals surface area contributed by atoms with Crippen molar-refractivity contribution in [3.05, 3.63) is 64.8 Å². The Morgan fingerprint density at radius 1 is 1.04 bits per heavy atom. The summed E-state index contributed by atoms with van der Waals surface area (Å²) in [5, 5.41) is 0. The number of rotatable bonds is 0. The first-order chi connectivity index (χ1) is 12.1. The smallest absolute Gasteiger partial charge is 0.260 e. The van der Waals surface area contributed by atoms with Crippen LogP contribution in [0.5, 0.6) is 0 Å². The van der Waals surface area contributed by atoms with Crippen molar-refractivity contribution < 1.29 is 9.59 Å². The summed E-state index contributed by atoms with van der Waals surface area (Å²) in [7, 11) is 1.53. The predicted molar refractivity (Wildman–Crippen MR) is 97.2 cm³/mol. The zero-order chi connectivity index (χ0) is 17.6. The number of likely N-dealkylation sites (N-methyl/N-ethyl adjacent to an activating group) is 1. The normalized spacial score (nSPS) is 27.1. The Morgan fingerprint density at radius 2 is 1.84 bits per heavy atom. The van der Waals surface area contributed by atoms with Crippen molar-refractivity contribution in [2.75, 3.05) is 7.05 Å². The van der Waals surface area contributed by atoms with Crippen LogP contribution in [0, 0.1) is 23.7 Å². The van der Waals surface area contributed by atoms with Crippen LogP contribution >= 0.6 is 0 Å². The largest absolute Gasteiger partial charge is 0.278 e. The summed E-state index contributed by atoms with van der Waals surface area (Å²) in [6.07, 6.45) is 8.60. The number of nitrogens with zero attached hydrogens (tertiary/aromatic N) is 1. The van der Waals surface area contributed by atoms with Gasteiger partial charge in [-0.05, 0) is 23.5 Å². The van der Waals surface area contributed by atoms with E-state index in [2.05, 4.69) is 49.1 Å². The molecule has 3 atom stereocenters. The first-order valence-corrected chi connectivity index (χ1v) is 8.58. The lowest BCUT2D eigenvalue weighted by molar-refractivity contribution is -0.135. The lowest BCUT2D eigenvalue weighted by Gasteiger charge is -2.23. The topological polar surface area (TPSA) is 37.4 Å². The molecule has 2 amide bonds. The molecule has 4 rings (SSSR count). The number of hydrogen-bond acceptors (Lipinski definition) is 2. The molecule has 0 bridgehead atoms. The molecule has 3 unspecified atom stereocenters. The highest BCUT2D eigenvalue weighted by Gasteiger charge is 2.36. The highest BCUT2D eigenvalue weighted by molar-refractivity contribution is 6.20. The van der Waals surface area contributed by atoms with Gasteiger partial charge in [-0.3, -0.25) is 14.5 Å². The van der Waals surface area contributed by atoms with E-state index in [4.69, 9.17) is 0 Å². The monoisotopic (exact) mass is 329 g/mol. The second kappa shape index (κ2) is 5.89. The lowest BCUT2D eigenvalue weighted by Crippen LogP contribution is -2.26. The molecule has 1 heterocycles. The quantitative estimate of drug-likeness (QED) is 0.541. The third-order valence-electron chi connectivity index (χ3n) is 5.20. The fourth-order valence-electron chi connectivity index (χ4n) is 3.69. The first kappa shape index (κ1) is 15.7. The molecule has 3 nitrogen and oxygen atoms in total. The fraction of sp³-hybridized carbons (Fsp3) is 0.273. The zero-order valence-electron chi connectivity index (χ0n) is 14.3. The number of allylic oxidation sites excluding steroid dienone is 2. The molecule has 1 aromatic carbocycles. The van der Waals surface area contributed by atoms with Crippen LogP contribution in [0.1, 0.15) is 30.4 Å². The Bertz CT molecular complexity index is 923. The summed E-state index contributed by atoms with van der Waals surface area (Å²) in [5.74, 6) is 6.87. The summed E-state index contributed by atoms with van der Waals surface area (Å²) in [6, 6.07) is 8.35. The standard InChI is InChI=1S/C22H19NO2/c1-14-7-10-16-5-3-4-6-18(16)17(14)11-8-15-9-12-19-20(13-15)22(25)23(2)21(19)24/h3-7,9-10,12,14-15,17H,13H2,1-2H3. The third kappa shape index (κ3) is 2.55. The molecule has 0 saturated carbocycles. The van der Waals surface area contributed by atoms with Crippen LogP contribution in [0.25, 0.3) is 6.08 Å². The minimum Gasteiger partial charge on any atom is -0.278 e. The van der Waals surface area contributed by atoms with Gasteiger partial charge in [0.05, 0.1) is 5.92 Å². The van der Waals surface area contributed by atoms with Gasteiger partial charge in [-0.15, -0.1) is 0 Å². The highest BCUT2D eigenvalue weighted by atomic mass is 16.2.